The summed E-state index contributed by atoms with van der Waals surface area (Å²) >= 11 is 20.9. The van der Waals surface area contributed by atoms with Crippen LogP contribution in [0.3, 0.4) is 0 Å². The molecule has 1 saturated heterocycles. The summed E-state index contributed by atoms with van der Waals surface area (Å²) in [5.41, 5.74) is 0.722. The molecule has 0 radical (unpaired) electrons. The number of carbonyl (C=O) groups is 2. The Bertz CT molecular complexity index is 1150. The third-order valence-corrected chi connectivity index (χ3v) is 5.65. The van der Waals surface area contributed by atoms with Crippen LogP contribution in [0, 0.1) is 0 Å². The van der Waals surface area contributed by atoms with E-state index in [4.69, 9.17) is 44.9 Å². The molecule has 0 atom stereocenters. The Labute approximate surface area is 208 Å². The van der Waals surface area contributed by atoms with Crippen molar-refractivity contribution >= 4 is 80.0 Å². The quantitative estimate of drug-likeness (QED) is 0.210. The van der Waals surface area contributed by atoms with Crippen molar-refractivity contribution in [3.05, 3.63) is 68.6 Å². The fourth-order valence-corrected chi connectivity index (χ4v) is 4.26. The number of nitrogens with one attached hydrogen (secondary N) is 1. The molecule has 1 N–H and O–H groups in total. The van der Waals surface area contributed by atoms with Gasteiger partial charge in [-0.3, -0.25) is 19.8 Å². The lowest BCUT2D eigenvalue weighted by molar-refractivity contribution is -0.122. The van der Waals surface area contributed by atoms with Crippen molar-refractivity contribution in [1.82, 2.24) is 5.32 Å². The van der Waals surface area contributed by atoms with Gasteiger partial charge in [0.05, 0.1) is 21.8 Å². The Morgan fingerprint density at radius 2 is 1.97 bits per heavy atom. The third-order valence-electron chi connectivity index (χ3n) is 4.24. The van der Waals surface area contributed by atoms with Crippen LogP contribution < -0.4 is 19.7 Å². The number of anilines is 1. The highest BCUT2D eigenvalue weighted by Crippen LogP contribution is 2.38. The Hall–Kier alpha value is -2.39. The molecule has 3 rings (SSSR count). The first-order chi connectivity index (χ1) is 15.3. The van der Waals surface area contributed by atoms with Gasteiger partial charge < -0.3 is 9.47 Å². The van der Waals surface area contributed by atoms with E-state index < -0.39 is 11.8 Å². The normalized spacial score (nSPS) is 15.1. The van der Waals surface area contributed by atoms with E-state index in [9.17, 15) is 9.59 Å². The molecule has 0 saturated carbocycles. The van der Waals surface area contributed by atoms with E-state index in [-0.39, 0.29) is 22.3 Å². The SMILES string of the molecule is C=CCOc1c(Br)cc(/C=C2/C(=O)NC(=S)N(c3ccc(Cl)cc3Cl)C2=O)cc1OCC. The van der Waals surface area contributed by atoms with Crippen LogP contribution in [0.4, 0.5) is 5.69 Å². The fourth-order valence-electron chi connectivity index (χ4n) is 2.92. The molecule has 0 aliphatic carbocycles. The summed E-state index contributed by atoms with van der Waals surface area (Å²) in [6.07, 6.45) is 3.06. The van der Waals surface area contributed by atoms with Gasteiger partial charge >= 0.3 is 0 Å². The van der Waals surface area contributed by atoms with Gasteiger partial charge in [-0.2, -0.15) is 0 Å². The molecular formula is C22H17BrCl2N2O4S. The number of thiocarbonyl (C=S) groups is 1. The number of rotatable bonds is 7. The Balaban J connectivity index is 2.04. The van der Waals surface area contributed by atoms with Crippen LogP contribution in [0.1, 0.15) is 12.5 Å². The third kappa shape index (κ3) is 5.15. The Kier molecular flexibility index (Phi) is 7.95. The molecule has 6 nitrogen and oxygen atoms in total. The number of nitrogens with zero attached hydrogens (tertiary/aromatic N) is 1. The van der Waals surface area contributed by atoms with E-state index >= 15 is 0 Å². The zero-order valence-corrected chi connectivity index (χ0v) is 20.7. The highest BCUT2D eigenvalue weighted by molar-refractivity contribution is 9.10. The van der Waals surface area contributed by atoms with Gasteiger partial charge in [-0.1, -0.05) is 35.9 Å². The van der Waals surface area contributed by atoms with Gasteiger partial charge in [-0.25, -0.2) is 0 Å². The zero-order valence-electron chi connectivity index (χ0n) is 16.8. The van der Waals surface area contributed by atoms with Crippen LogP contribution >= 0.6 is 51.3 Å². The summed E-state index contributed by atoms with van der Waals surface area (Å²) < 4.78 is 11.9. The van der Waals surface area contributed by atoms with E-state index in [0.29, 0.717) is 38.9 Å². The average molecular weight is 556 g/mol. The minimum absolute atomic E-state index is 0.0780. The highest BCUT2D eigenvalue weighted by atomic mass is 79.9. The largest absolute Gasteiger partial charge is 0.490 e. The van der Waals surface area contributed by atoms with Gasteiger partial charge in [0.2, 0.25) is 0 Å². The fraction of sp³-hybridized carbons (Fsp3) is 0.136. The summed E-state index contributed by atoms with van der Waals surface area (Å²) in [4.78, 5) is 27.0. The topological polar surface area (TPSA) is 67.9 Å². The van der Waals surface area contributed by atoms with Crippen molar-refractivity contribution < 1.29 is 19.1 Å². The van der Waals surface area contributed by atoms with E-state index in [1.807, 2.05) is 6.92 Å². The lowest BCUT2D eigenvalue weighted by atomic mass is 10.1. The maximum absolute atomic E-state index is 13.2. The van der Waals surface area contributed by atoms with E-state index in [0.717, 1.165) is 4.90 Å². The van der Waals surface area contributed by atoms with Crippen LogP contribution in [0.2, 0.25) is 10.0 Å². The van der Waals surface area contributed by atoms with Crippen molar-refractivity contribution in [3.63, 3.8) is 0 Å². The van der Waals surface area contributed by atoms with Gasteiger partial charge in [-0.15, -0.1) is 0 Å². The molecule has 10 heteroatoms. The maximum atomic E-state index is 13.2. The van der Waals surface area contributed by atoms with Crippen LogP contribution in [-0.2, 0) is 9.59 Å². The minimum atomic E-state index is -0.623. The van der Waals surface area contributed by atoms with Gasteiger partial charge in [0.25, 0.3) is 11.8 Å². The van der Waals surface area contributed by atoms with Crippen molar-refractivity contribution in [1.29, 1.82) is 0 Å². The molecular weight excluding hydrogens is 539 g/mol. The highest BCUT2D eigenvalue weighted by Gasteiger charge is 2.35. The first kappa shape index (κ1) is 24.3. The first-order valence-electron chi connectivity index (χ1n) is 9.33. The molecule has 2 amide bonds. The summed E-state index contributed by atoms with van der Waals surface area (Å²) in [6, 6.07) is 8.00. The number of benzene rings is 2. The van der Waals surface area contributed by atoms with Crippen LogP contribution in [0.15, 0.2) is 53.0 Å². The lowest BCUT2D eigenvalue weighted by Gasteiger charge is -2.29. The number of carbonyl (C=O) groups excluding carboxylic acids is 2. The molecule has 2 aromatic carbocycles. The molecule has 0 aromatic heterocycles. The number of halogens is 3. The van der Waals surface area contributed by atoms with E-state index in [1.54, 1.807) is 30.3 Å². The summed E-state index contributed by atoms with van der Waals surface area (Å²) in [5.74, 6) is -0.303. The first-order valence-corrected chi connectivity index (χ1v) is 11.3. The predicted octanol–water partition coefficient (Wildman–Crippen LogP) is 5.55. The second kappa shape index (κ2) is 10.5. The smallest absolute Gasteiger partial charge is 0.270 e. The summed E-state index contributed by atoms with van der Waals surface area (Å²) in [6.45, 7) is 6.16. The molecule has 1 fully saturated rings. The van der Waals surface area contributed by atoms with Gasteiger partial charge in [0.1, 0.15) is 12.2 Å². The van der Waals surface area contributed by atoms with Crippen LogP contribution in [-0.4, -0.2) is 30.1 Å². The second-order valence-corrected chi connectivity index (χ2v) is 8.50. The predicted molar refractivity (Wildman–Crippen MR) is 134 cm³/mol. The van der Waals surface area contributed by atoms with Gasteiger partial charge in [-0.05, 0) is 77.0 Å². The number of hydrogen-bond donors (Lipinski definition) is 1. The molecule has 1 aliphatic rings. The lowest BCUT2D eigenvalue weighted by Crippen LogP contribution is -2.54. The standard InChI is InChI=1S/C22H17BrCl2N2O4S/c1-3-7-31-19-15(23)9-12(10-18(19)30-4-2)8-14-20(28)26-22(32)27(21(14)29)17-6-5-13(24)11-16(17)25/h3,5-6,8-11H,1,4,7H2,2H3,(H,26,28,32)/b14-8-. The second-order valence-electron chi connectivity index (χ2n) is 6.42. The number of ether oxygens (including phenoxy) is 2. The molecule has 1 aliphatic heterocycles. The van der Waals surface area contributed by atoms with Crippen molar-refractivity contribution in [3.8, 4) is 11.5 Å². The molecule has 0 spiro atoms. The molecule has 1 heterocycles. The van der Waals surface area contributed by atoms with Crippen molar-refractivity contribution in [2.24, 2.45) is 0 Å². The maximum Gasteiger partial charge on any atom is 0.270 e. The van der Waals surface area contributed by atoms with Gasteiger partial charge in [0.15, 0.2) is 16.6 Å². The Morgan fingerprint density at radius 3 is 2.62 bits per heavy atom. The van der Waals surface area contributed by atoms with Crippen molar-refractivity contribution in [2.75, 3.05) is 18.1 Å². The molecule has 32 heavy (non-hydrogen) atoms. The monoisotopic (exact) mass is 554 g/mol. The summed E-state index contributed by atoms with van der Waals surface area (Å²) in [7, 11) is 0. The Morgan fingerprint density at radius 1 is 1.22 bits per heavy atom. The van der Waals surface area contributed by atoms with Crippen LogP contribution in [0.25, 0.3) is 6.08 Å². The average Bonchev–Trinajstić information content (AvgIpc) is 2.72. The zero-order chi connectivity index (χ0) is 23.4. The molecule has 2 aromatic rings. The minimum Gasteiger partial charge on any atom is -0.490 e. The molecule has 0 bridgehead atoms. The number of hydrogen-bond acceptors (Lipinski definition) is 5. The van der Waals surface area contributed by atoms with Crippen molar-refractivity contribution in [2.45, 2.75) is 6.92 Å². The molecule has 166 valence electrons. The van der Waals surface area contributed by atoms with E-state index in [2.05, 4.69) is 27.8 Å². The number of amides is 2. The van der Waals surface area contributed by atoms with Gasteiger partial charge in [0, 0.05) is 5.02 Å². The van der Waals surface area contributed by atoms with Crippen LogP contribution in [0.5, 0.6) is 11.5 Å². The van der Waals surface area contributed by atoms with E-state index in [1.165, 1.54) is 12.1 Å². The summed E-state index contributed by atoms with van der Waals surface area (Å²) in [5, 5.41) is 3.07. The molecule has 0 unspecified atom stereocenters.